The van der Waals surface area contributed by atoms with Crippen LogP contribution < -0.4 is 4.90 Å². The molecule has 15 rings (SSSR count). The first-order chi connectivity index (χ1) is 32.9. The number of benzene rings is 10. The van der Waals surface area contributed by atoms with Gasteiger partial charge >= 0.3 is 0 Å². The summed E-state index contributed by atoms with van der Waals surface area (Å²) < 4.78 is 10.7. The summed E-state index contributed by atoms with van der Waals surface area (Å²) in [5.41, 5.74) is 26.9. The summed E-state index contributed by atoms with van der Waals surface area (Å²) in [6.45, 7) is 4.80. The van der Waals surface area contributed by atoms with Crippen LogP contribution in [-0.4, -0.2) is 4.57 Å². The summed E-state index contributed by atoms with van der Waals surface area (Å²) in [6, 6.07) is 79.6. The van der Waals surface area contributed by atoms with Crippen molar-refractivity contribution in [2.24, 2.45) is 0 Å². The first-order valence-corrected chi connectivity index (χ1v) is 23.2. The number of hydrogen-bond donors (Lipinski definition) is 0. The third kappa shape index (κ3) is 4.33. The summed E-state index contributed by atoms with van der Waals surface area (Å²) in [6.07, 6.45) is 0. The van der Waals surface area contributed by atoms with Crippen molar-refractivity contribution in [3.63, 3.8) is 0 Å². The van der Waals surface area contributed by atoms with Crippen molar-refractivity contribution in [3.8, 4) is 61.3 Å². The summed E-state index contributed by atoms with van der Waals surface area (Å²) in [4.78, 5) is 2.58. The smallest absolute Gasteiger partial charge is 0.0726 e. The van der Waals surface area contributed by atoms with Gasteiger partial charge < -0.3 is 9.47 Å². The summed E-state index contributed by atoms with van der Waals surface area (Å²) >= 11 is 0. The second-order valence-corrected chi connectivity index (χ2v) is 19.0. The van der Waals surface area contributed by atoms with E-state index in [9.17, 15) is 0 Å². The lowest BCUT2D eigenvalue weighted by molar-refractivity contribution is 0.661. The Bertz CT molecular complexity index is 3920. The molecule has 2 heterocycles. The molecule has 2 nitrogen and oxygen atoms in total. The Morgan fingerprint density at radius 1 is 0.409 bits per heavy atom. The van der Waals surface area contributed by atoms with Crippen LogP contribution in [0, 0.1) is 0 Å². The fourth-order valence-electron chi connectivity index (χ4n) is 13.1. The lowest BCUT2D eigenvalue weighted by Gasteiger charge is -2.35. The van der Waals surface area contributed by atoms with Gasteiger partial charge in [-0.15, -0.1) is 0 Å². The molecule has 3 aliphatic carbocycles. The SMILES string of the molecule is [2H]c1ccc(-c2ccc(N(c3ccc4c5c3-c3ccccc3-n3c6ccccc6c6ccc(c-5c63)C43c4ccccc4-c4ccccc43)c3cccc4c3C(C)(C)c3ccccc3-4)cc2)cc1. The third-order valence-electron chi connectivity index (χ3n) is 15.7. The third-order valence-corrected chi connectivity index (χ3v) is 15.7. The first-order valence-electron chi connectivity index (χ1n) is 23.7. The average molecular weight is 840 g/mol. The molecule has 1 aliphatic heterocycles. The minimum atomic E-state index is -0.522. The van der Waals surface area contributed by atoms with Gasteiger partial charge in [-0.1, -0.05) is 196 Å². The van der Waals surface area contributed by atoms with Crippen molar-refractivity contribution in [1.29, 1.82) is 0 Å². The molecule has 0 unspecified atom stereocenters. The quantitative estimate of drug-likeness (QED) is 0.171. The lowest BCUT2D eigenvalue weighted by atomic mass is 9.70. The van der Waals surface area contributed by atoms with Crippen LogP contribution >= 0.6 is 0 Å². The van der Waals surface area contributed by atoms with Crippen molar-refractivity contribution < 1.29 is 1.37 Å². The lowest BCUT2D eigenvalue weighted by Crippen LogP contribution is -2.26. The zero-order chi connectivity index (χ0) is 44.3. The molecule has 0 bridgehead atoms. The summed E-state index contributed by atoms with van der Waals surface area (Å²) in [5.74, 6) is 0. The molecule has 0 N–H and O–H groups in total. The molecule has 0 saturated heterocycles. The molecule has 0 amide bonds. The Morgan fingerprint density at radius 3 is 1.76 bits per heavy atom. The van der Waals surface area contributed by atoms with E-state index in [2.05, 4.69) is 224 Å². The molecule has 0 atom stereocenters. The van der Waals surface area contributed by atoms with E-state index >= 15 is 0 Å². The van der Waals surface area contributed by atoms with Crippen LogP contribution in [0.1, 0.15) is 48.6 Å². The maximum atomic E-state index is 8.16. The minimum Gasteiger partial charge on any atom is -0.310 e. The van der Waals surface area contributed by atoms with Crippen molar-refractivity contribution in [3.05, 3.63) is 252 Å². The standard InChI is InChI=1S/C64H42N2/c1-63(2)49-25-11-6-21-44(49)46-24-16-30-57(61(46)63)65(41-33-31-40(32-34-41)39-17-4-3-5-18-39)56-38-37-52-59-58(56)48-23-10-15-29-55(48)66-54-28-14-9-22-45(54)47-35-36-53(60(59)62(47)66)64(52)50-26-12-7-19-42(50)43-20-8-13-27-51(43)64/h3-38H,1-2H3/i3D. The van der Waals surface area contributed by atoms with E-state index in [1.165, 1.54) is 111 Å². The van der Waals surface area contributed by atoms with Crippen LogP contribution in [0.15, 0.2) is 218 Å². The second kappa shape index (κ2) is 12.7. The number of para-hydroxylation sites is 2. The molecule has 308 valence electrons. The number of nitrogens with zero attached hydrogens (tertiary/aromatic N) is 2. The van der Waals surface area contributed by atoms with Crippen LogP contribution in [0.3, 0.4) is 0 Å². The molecule has 0 radical (unpaired) electrons. The van der Waals surface area contributed by atoms with Crippen LogP contribution in [-0.2, 0) is 10.8 Å². The van der Waals surface area contributed by atoms with E-state index < -0.39 is 5.41 Å². The van der Waals surface area contributed by atoms with Crippen molar-refractivity contribution in [1.82, 2.24) is 4.57 Å². The highest BCUT2D eigenvalue weighted by atomic mass is 15.2. The molecule has 2 heteroatoms. The fraction of sp³-hybridized carbons (Fsp3) is 0.0625. The summed E-state index contributed by atoms with van der Waals surface area (Å²) in [7, 11) is 0. The van der Waals surface area contributed by atoms with E-state index in [4.69, 9.17) is 1.37 Å². The van der Waals surface area contributed by atoms with E-state index in [1.54, 1.807) is 0 Å². The Morgan fingerprint density at radius 2 is 1.00 bits per heavy atom. The zero-order valence-corrected chi connectivity index (χ0v) is 36.6. The van der Waals surface area contributed by atoms with Gasteiger partial charge in [0.2, 0.25) is 0 Å². The normalized spacial score (nSPS) is 14.7. The predicted molar refractivity (Wildman–Crippen MR) is 274 cm³/mol. The van der Waals surface area contributed by atoms with Gasteiger partial charge in [0.15, 0.2) is 0 Å². The maximum absolute atomic E-state index is 8.16. The number of rotatable bonds is 4. The van der Waals surface area contributed by atoms with E-state index in [1.807, 2.05) is 12.1 Å². The Labute approximate surface area is 385 Å². The zero-order valence-electron chi connectivity index (χ0n) is 37.6. The van der Waals surface area contributed by atoms with Gasteiger partial charge in [0.05, 0.1) is 34.9 Å². The fourth-order valence-corrected chi connectivity index (χ4v) is 13.1. The molecule has 10 aromatic carbocycles. The molecule has 1 spiro atoms. The van der Waals surface area contributed by atoms with Crippen LogP contribution in [0.2, 0.25) is 0 Å². The van der Waals surface area contributed by atoms with Gasteiger partial charge in [-0.25, -0.2) is 0 Å². The Kier molecular flexibility index (Phi) is 6.79. The van der Waals surface area contributed by atoms with Crippen LogP contribution in [0.25, 0.3) is 83.1 Å². The Balaban J connectivity index is 1.11. The van der Waals surface area contributed by atoms with Crippen LogP contribution in [0.5, 0.6) is 0 Å². The second-order valence-electron chi connectivity index (χ2n) is 19.0. The van der Waals surface area contributed by atoms with E-state index in [0.29, 0.717) is 6.04 Å². The van der Waals surface area contributed by atoms with E-state index in [-0.39, 0.29) is 5.41 Å². The molecule has 0 fully saturated rings. The van der Waals surface area contributed by atoms with Crippen molar-refractivity contribution in [2.75, 3.05) is 4.90 Å². The number of hydrogen-bond acceptors (Lipinski definition) is 1. The van der Waals surface area contributed by atoms with Crippen molar-refractivity contribution >= 4 is 38.9 Å². The van der Waals surface area contributed by atoms with Crippen LogP contribution in [0.4, 0.5) is 17.1 Å². The number of anilines is 3. The highest BCUT2D eigenvalue weighted by Gasteiger charge is 2.54. The van der Waals surface area contributed by atoms with Gasteiger partial charge in [0.1, 0.15) is 0 Å². The van der Waals surface area contributed by atoms with Gasteiger partial charge in [0, 0.05) is 38.6 Å². The van der Waals surface area contributed by atoms with Gasteiger partial charge in [0.25, 0.3) is 0 Å². The van der Waals surface area contributed by atoms with E-state index in [0.717, 1.165) is 22.5 Å². The molecule has 1 aromatic heterocycles. The van der Waals surface area contributed by atoms with Gasteiger partial charge in [-0.05, 0) is 109 Å². The molecule has 66 heavy (non-hydrogen) atoms. The topological polar surface area (TPSA) is 8.17 Å². The highest BCUT2D eigenvalue weighted by Crippen LogP contribution is 2.68. The maximum Gasteiger partial charge on any atom is 0.0726 e. The van der Waals surface area contributed by atoms with Crippen molar-refractivity contribution in [2.45, 2.75) is 24.7 Å². The number of fused-ring (bicyclic) bond motifs is 16. The monoisotopic (exact) mass is 839 g/mol. The summed E-state index contributed by atoms with van der Waals surface area (Å²) in [5, 5.41) is 2.54. The highest BCUT2D eigenvalue weighted by molar-refractivity contribution is 6.21. The van der Waals surface area contributed by atoms with Gasteiger partial charge in [-0.2, -0.15) is 0 Å². The number of aromatic nitrogens is 1. The molecule has 0 saturated carbocycles. The predicted octanol–water partition coefficient (Wildman–Crippen LogP) is 16.6. The average Bonchev–Trinajstić information content (AvgIpc) is 4.02. The first kappa shape index (κ1) is 35.2. The minimum absolute atomic E-state index is 0.265. The van der Waals surface area contributed by atoms with Gasteiger partial charge in [-0.3, -0.25) is 0 Å². The molecular weight excluding hydrogens is 797 g/mol. The molecular formula is C64H42N2. The molecule has 11 aromatic rings. The largest absolute Gasteiger partial charge is 0.310 e. The Hall–Kier alpha value is -8.20. The molecule has 4 aliphatic rings.